The third-order valence-electron chi connectivity index (χ3n) is 5.25. The Labute approximate surface area is 194 Å². The van der Waals surface area contributed by atoms with Crippen molar-refractivity contribution < 1.29 is 9.85 Å². The Morgan fingerprint density at radius 1 is 0.971 bits per heavy atom. The number of benzene rings is 2. The van der Waals surface area contributed by atoms with E-state index in [1.807, 2.05) is 12.1 Å². The molecule has 1 atom stereocenters. The molecule has 0 fully saturated rings. The molecule has 0 spiro atoms. The quantitative estimate of drug-likeness (QED) is 0.439. The molecular formula is C22H12N6O5S. The first-order valence-electron chi connectivity index (χ1n) is 9.54. The number of nitrogens with zero attached hydrogens (tertiary/aromatic N) is 5. The maximum absolute atomic E-state index is 13.2. The maximum atomic E-state index is 13.2. The molecule has 2 aromatic carbocycles. The van der Waals surface area contributed by atoms with Crippen LogP contribution in [0.15, 0.2) is 58.9 Å². The first kappa shape index (κ1) is 22.1. The number of para-hydroxylation sites is 2. The van der Waals surface area contributed by atoms with Gasteiger partial charge in [0.2, 0.25) is 0 Å². The molecule has 0 aliphatic carbocycles. The Hall–Kier alpha value is -5.07. The van der Waals surface area contributed by atoms with Crippen LogP contribution in [0.1, 0.15) is 17.0 Å². The van der Waals surface area contributed by atoms with E-state index in [1.165, 1.54) is 48.5 Å². The lowest BCUT2D eigenvalue weighted by Gasteiger charge is -2.22. The van der Waals surface area contributed by atoms with Gasteiger partial charge in [0, 0.05) is 17.7 Å². The second kappa shape index (κ2) is 8.46. The summed E-state index contributed by atoms with van der Waals surface area (Å²) in [5.74, 6) is -1.42. The highest BCUT2D eigenvalue weighted by molar-refractivity contribution is 7.07. The summed E-state index contributed by atoms with van der Waals surface area (Å²) in [5, 5.41) is 42.7. The summed E-state index contributed by atoms with van der Waals surface area (Å²) < 4.78 is 1.13. The number of nitrogens with two attached hydrogens (primary N) is 1. The fourth-order valence-electron chi connectivity index (χ4n) is 3.78. The SMILES string of the molecule is N#CC1=C(N)n2c(s/c(=C/c3ccccc3[N+](=O)[O-])c2=O)=C(C#N)C1c1ccccc1[N+](=O)[O-]. The highest BCUT2D eigenvalue weighted by Gasteiger charge is 2.35. The van der Waals surface area contributed by atoms with Crippen LogP contribution in [0.4, 0.5) is 11.4 Å². The molecule has 0 saturated heterocycles. The summed E-state index contributed by atoms with van der Waals surface area (Å²) in [6.45, 7) is 0. The van der Waals surface area contributed by atoms with Crippen LogP contribution in [-0.4, -0.2) is 14.4 Å². The van der Waals surface area contributed by atoms with Gasteiger partial charge in [0.25, 0.3) is 16.9 Å². The molecule has 2 heterocycles. The Morgan fingerprint density at radius 2 is 1.56 bits per heavy atom. The summed E-state index contributed by atoms with van der Waals surface area (Å²) in [6, 6.07) is 15.3. The van der Waals surface area contributed by atoms with E-state index in [4.69, 9.17) is 5.73 Å². The Morgan fingerprint density at radius 3 is 2.18 bits per heavy atom. The number of allylic oxidation sites excluding steroid dienone is 1. The average molecular weight is 472 g/mol. The third kappa shape index (κ3) is 3.40. The van der Waals surface area contributed by atoms with Crippen LogP contribution >= 0.6 is 11.3 Å². The standard InChI is InChI=1S/C22H12N6O5S/c23-10-14-19(13-6-2-4-8-17(13)28(32)33)15(11-24)22-26(20(14)25)21(29)18(34-22)9-12-5-1-3-7-16(12)27(30)31/h1-9,19H,25H2/b18-9+. The zero-order valence-electron chi connectivity index (χ0n) is 17.0. The molecule has 1 aliphatic rings. The predicted molar refractivity (Wildman–Crippen MR) is 122 cm³/mol. The van der Waals surface area contributed by atoms with Gasteiger partial charge in [-0.15, -0.1) is 11.3 Å². The molecule has 34 heavy (non-hydrogen) atoms. The van der Waals surface area contributed by atoms with Crippen molar-refractivity contribution in [3.05, 3.63) is 105 Å². The molecule has 1 unspecified atom stereocenters. The molecule has 0 amide bonds. The van der Waals surface area contributed by atoms with E-state index in [0.717, 1.165) is 15.9 Å². The van der Waals surface area contributed by atoms with Crippen LogP contribution < -0.4 is 20.5 Å². The fraction of sp³-hybridized carbons (Fsp3) is 0.0455. The molecule has 4 rings (SSSR count). The maximum Gasteiger partial charge on any atom is 0.276 e. The van der Waals surface area contributed by atoms with Crippen LogP contribution in [0.25, 0.3) is 17.5 Å². The van der Waals surface area contributed by atoms with E-state index in [2.05, 4.69) is 0 Å². The largest absolute Gasteiger partial charge is 0.384 e. The number of thiazole rings is 1. The summed E-state index contributed by atoms with van der Waals surface area (Å²) in [6.07, 6.45) is 1.31. The zero-order chi connectivity index (χ0) is 24.6. The molecule has 1 aliphatic heterocycles. The van der Waals surface area contributed by atoms with Gasteiger partial charge in [-0.25, -0.2) is 0 Å². The van der Waals surface area contributed by atoms with Gasteiger partial charge < -0.3 is 5.73 Å². The summed E-state index contributed by atoms with van der Waals surface area (Å²) in [5.41, 5.74) is 4.97. The number of fused-ring (bicyclic) bond motifs is 1. The van der Waals surface area contributed by atoms with E-state index in [-0.39, 0.29) is 48.7 Å². The number of hydrogen-bond acceptors (Lipinski definition) is 9. The smallest absolute Gasteiger partial charge is 0.276 e. The van der Waals surface area contributed by atoms with Gasteiger partial charge in [-0.1, -0.05) is 30.3 Å². The lowest BCUT2D eigenvalue weighted by molar-refractivity contribution is -0.385. The Kier molecular flexibility index (Phi) is 5.51. The van der Waals surface area contributed by atoms with Crippen molar-refractivity contribution in [1.82, 2.24) is 4.57 Å². The minimum absolute atomic E-state index is 0.0421. The molecule has 12 heteroatoms. The van der Waals surface area contributed by atoms with Gasteiger partial charge in [-0.3, -0.25) is 29.6 Å². The van der Waals surface area contributed by atoms with E-state index in [0.29, 0.717) is 0 Å². The number of hydrogen-bond donors (Lipinski definition) is 1. The van der Waals surface area contributed by atoms with Gasteiger partial charge in [-0.05, 0) is 12.1 Å². The molecule has 0 radical (unpaired) electrons. The lowest BCUT2D eigenvalue weighted by atomic mass is 9.83. The molecule has 0 saturated carbocycles. The number of nitro benzene ring substituents is 2. The fourth-order valence-corrected chi connectivity index (χ4v) is 4.90. The van der Waals surface area contributed by atoms with E-state index >= 15 is 0 Å². The van der Waals surface area contributed by atoms with Crippen molar-refractivity contribution in [1.29, 1.82) is 10.5 Å². The Balaban J connectivity index is 2.10. The number of nitro groups is 2. The highest BCUT2D eigenvalue weighted by Crippen LogP contribution is 2.39. The minimum Gasteiger partial charge on any atom is -0.384 e. The third-order valence-corrected chi connectivity index (χ3v) is 6.36. The van der Waals surface area contributed by atoms with Crippen LogP contribution in [0.3, 0.4) is 0 Å². The van der Waals surface area contributed by atoms with Crippen molar-refractivity contribution in [3.8, 4) is 12.1 Å². The van der Waals surface area contributed by atoms with Crippen LogP contribution in [0.2, 0.25) is 0 Å². The van der Waals surface area contributed by atoms with Gasteiger partial charge in [0.05, 0.1) is 49.1 Å². The van der Waals surface area contributed by atoms with Gasteiger partial charge in [0.1, 0.15) is 10.5 Å². The van der Waals surface area contributed by atoms with Gasteiger partial charge in [-0.2, -0.15) is 10.5 Å². The van der Waals surface area contributed by atoms with E-state index in [1.54, 1.807) is 6.07 Å². The summed E-state index contributed by atoms with van der Waals surface area (Å²) in [7, 11) is 0. The van der Waals surface area contributed by atoms with E-state index < -0.39 is 21.3 Å². The van der Waals surface area contributed by atoms with Crippen molar-refractivity contribution >= 4 is 40.2 Å². The average Bonchev–Trinajstić information content (AvgIpc) is 3.15. The molecule has 2 N–H and O–H groups in total. The summed E-state index contributed by atoms with van der Waals surface area (Å²) >= 11 is 0.858. The van der Waals surface area contributed by atoms with Crippen LogP contribution in [0, 0.1) is 42.9 Å². The molecule has 11 nitrogen and oxygen atoms in total. The normalized spacial score (nSPS) is 15.4. The van der Waals surface area contributed by atoms with Crippen LogP contribution in [0.5, 0.6) is 0 Å². The molecule has 166 valence electrons. The minimum atomic E-state index is -1.16. The highest BCUT2D eigenvalue weighted by atomic mass is 32.1. The first-order chi connectivity index (χ1) is 16.3. The van der Waals surface area contributed by atoms with Gasteiger partial charge in [0.15, 0.2) is 0 Å². The predicted octanol–water partition coefficient (Wildman–Crippen LogP) is 1.68. The number of rotatable bonds is 4. The second-order valence-corrected chi connectivity index (χ2v) is 8.09. The molecule has 3 aromatic rings. The van der Waals surface area contributed by atoms with Crippen molar-refractivity contribution in [3.63, 3.8) is 0 Å². The molecule has 1 aromatic heterocycles. The van der Waals surface area contributed by atoms with Crippen LogP contribution in [-0.2, 0) is 0 Å². The molecule has 0 bridgehead atoms. The topological polar surface area (TPSA) is 182 Å². The van der Waals surface area contributed by atoms with Gasteiger partial charge >= 0.3 is 0 Å². The number of nitriles is 2. The van der Waals surface area contributed by atoms with Crippen molar-refractivity contribution in [2.45, 2.75) is 5.92 Å². The second-order valence-electron chi connectivity index (χ2n) is 7.06. The lowest BCUT2D eigenvalue weighted by Crippen LogP contribution is -2.38. The molecular weight excluding hydrogens is 460 g/mol. The monoisotopic (exact) mass is 472 g/mol. The number of aromatic nitrogens is 1. The Bertz CT molecular complexity index is 1690. The van der Waals surface area contributed by atoms with Crippen molar-refractivity contribution in [2.75, 3.05) is 0 Å². The van der Waals surface area contributed by atoms with Crippen molar-refractivity contribution in [2.24, 2.45) is 5.73 Å². The first-order valence-corrected chi connectivity index (χ1v) is 10.4. The summed E-state index contributed by atoms with van der Waals surface area (Å²) in [4.78, 5) is 34.9. The zero-order valence-corrected chi connectivity index (χ0v) is 17.9. The van der Waals surface area contributed by atoms with E-state index in [9.17, 15) is 35.5 Å².